The Morgan fingerprint density at radius 1 is 1.47 bits per heavy atom. The second-order valence-electron chi connectivity index (χ2n) is 4.19. The molecule has 1 aromatic rings. The van der Waals surface area contributed by atoms with Gasteiger partial charge in [0.15, 0.2) is 0 Å². The van der Waals surface area contributed by atoms with Gasteiger partial charge in [-0.2, -0.15) is 0 Å². The lowest BCUT2D eigenvalue weighted by Gasteiger charge is -2.35. The molecule has 0 saturated carbocycles. The summed E-state index contributed by atoms with van der Waals surface area (Å²) in [5.74, 6) is 0.0614. The van der Waals surface area contributed by atoms with Crippen molar-refractivity contribution < 1.29 is 4.79 Å². The Hall–Kier alpha value is -0.770. The number of likely N-dealkylation sites (N-methyl/N-ethyl adjacent to an activating group) is 1. The van der Waals surface area contributed by atoms with Crippen molar-refractivity contribution in [3.8, 4) is 0 Å². The van der Waals surface area contributed by atoms with Crippen molar-refractivity contribution in [2.45, 2.75) is 13.0 Å². The highest BCUT2D eigenvalue weighted by Crippen LogP contribution is 2.18. The van der Waals surface area contributed by atoms with Gasteiger partial charge in [-0.25, -0.2) is 0 Å². The molecular formula is C12H16Cl2N2O. The third-order valence-corrected chi connectivity index (χ3v) is 3.46. The molecule has 0 atom stereocenters. The van der Waals surface area contributed by atoms with E-state index in [2.05, 4.69) is 5.32 Å². The van der Waals surface area contributed by atoms with Crippen LogP contribution in [0, 0.1) is 6.92 Å². The van der Waals surface area contributed by atoms with E-state index in [1.54, 1.807) is 17.0 Å². The smallest absolute Gasteiger partial charge is 0.253 e. The lowest BCUT2D eigenvalue weighted by Crippen LogP contribution is -2.57. The highest BCUT2D eigenvalue weighted by Gasteiger charge is 2.25. The number of hydrogen-bond donors (Lipinski definition) is 1. The zero-order chi connectivity index (χ0) is 11.7. The lowest BCUT2D eigenvalue weighted by molar-refractivity contribution is 0.0681. The molecule has 3 nitrogen and oxygen atoms in total. The van der Waals surface area contributed by atoms with Crippen LogP contribution in [-0.2, 0) is 0 Å². The van der Waals surface area contributed by atoms with E-state index in [4.69, 9.17) is 11.6 Å². The van der Waals surface area contributed by atoms with Gasteiger partial charge in [-0.15, -0.1) is 12.4 Å². The van der Waals surface area contributed by atoms with Crippen LogP contribution in [0.25, 0.3) is 0 Å². The molecule has 1 fully saturated rings. The first kappa shape index (κ1) is 14.3. The maximum absolute atomic E-state index is 12.1. The number of benzene rings is 1. The molecule has 2 rings (SSSR count). The van der Waals surface area contributed by atoms with Crippen molar-refractivity contribution in [3.63, 3.8) is 0 Å². The second kappa shape index (κ2) is 5.71. The summed E-state index contributed by atoms with van der Waals surface area (Å²) in [6, 6.07) is 5.72. The summed E-state index contributed by atoms with van der Waals surface area (Å²) < 4.78 is 0. The Bertz CT molecular complexity index is 419. The standard InChI is InChI=1S/C12H15ClN2O.ClH/c1-8-5-9(3-4-11(8)13)12(16)15(2)10-6-14-7-10;/h3-5,10,14H,6-7H2,1-2H3;1H. The summed E-state index contributed by atoms with van der Waals surface area (Å²) >= 11 is 5.93. The number of aryl methyl sites for hydroxylation is 1. The molecule has 1 saturated heterocycles. The van der Waals surface area contributed by atoms with Crippen molar-refractivity contribution in [3.05, 3.63) is 34.3 Å². The van der Waals surface area contributed by atoms with Gasteiger partial charge in [-0.3, -0.25) is 4.79 Å². The van der Waals surface area contributed by atoms with E-state index in [0.29, 0.717) is 16.6 Å². The Morgan fingerprint density at radius 2 is 2.12 bits per heavy atom. The average molecular weight is 275 g/mol. The SMILES string of the molecule is Cc1cc(C(=O)N(C)C2CNC2)ccc1Cl.Cl. The highest BCUT2D eigenvalue weighted by atomic mass is 35.5. The van der Waals surface area contributed by atoms with Gasteiger partial charge >= 0.3 is 0 Å². The van der Waals surface area contributed by atoms with Crippen LogP contribution in [0.5, 0.6) is 0 Å². The largest absolute Gasteiger partial charge is 0.336 e. The van der Waals surface area contributed by atoms with Crippen molar-refractivity contribution in [2.24, 2.45) is 0 Å². The number of amides is 1. The molecule has 17 heavy (non-hydrogen) atoms. The average Bonchev–Trinajstić information content (AvgIpc) is 2.18. The third kappa shape index (κ3) is 2.92. The fourth-order valence-corrected chi connectivity index (χ4v) is 1.81. The quantitative estimate of drug-likeness (QED) is 0.896. The van der Waals surface area contributed by atoms with Gasteiger partial charge in [0.2, 0.25) is 0 Å². The minimum Gasteiger partial charge on any atom is -0.336 e. The van der Waals surface area contributed by atoms with Gasteiger partial charge in [-0.1, -0.05) is 11.6 Å². The second-order valence-corrected chi connectivity index (χ2v) is 4.60. The predicted octanol–water partition coefficient (Wildman–Crippen LogP) is 2.11. The summed E-state index contributed by atoms with van der Waals surface area (Å²) in [6.45, 7) is 3.67. The molecule has 1 aromatic carbocycles. The van der Waals surface area contributed by atoms with E-state index in [9.17, 15) is 4.79 Å². The molecule has 0 aromatic heterocycles. The Balaban J connectivity index is 0.00000144. The summed E-state index contributed by atoms with van der Waals surface area (Å²) in [6.07, 6.45) is 0. The first-order chi connectivity index (χ1) is 7.59. The summed E-state index contributed by atoms with van der Waals surface area (Å²) in [5, 5.41) is 3.85. The Labute approximate surface area is 113 Å². The Morgan fingerprint density at radius 3 is 2.59 bits per heavy atom. The van der Waals surface area contributed by atoms with Crippen LogP contribution in [0.15, 0.2) is 18.2 Å². The van der Waals surface area contributed by atoms with Crippen molar-refractivity contribution in [1.29, 1.82) is 0 Å². The van der Waals surface area contributed by atoms with Gasteiger partial charge < -0.3 is 10.2 Å². The number of nitrogens with one attached hydrogen (secondary N) is 1. The van der Waals surface area contributed by atoms with Gasteiger partial charge in [0.05, 0.1) is 6.04 Å². The van der Waals surface area contributed by atoms with E-state index < -0.39 is 0 Å². The van der Waals surface area contributed by atoms with Crippen LogP contribution in [-0.4, -0.2) is 37.0 Å². The lowest BCUT2D eigenvalue weighted by atomic mass is 10.1. The molecular weight excluding hydrogens is 259 g/mol. The fraction of sp³-hybridized carbons (Fsp3) is 0.417. The molecule has 0 radical (unpaired) electrons. The van der Waals surface area contributed by atoms with Crippen LogP contribution in [0.1, 0.15) is 15.9 Å². The topological polar surface area (TPSA) is 32.3 Å². The zero-order valence-electron chi connectivity index (χ0n) is 9.87. The molecule has 0 spiro atoms. The van der Waals surface area contributed by atoms with Crippen molar-refractivity contribution >= 4 is 29.9 Å². The van der Waals surface area contributed by atoms with Gasteiger partial charge in [-0.05, 0) is 30.7 Å². The summed E-state index contributed by atoms with van der Waals surface area (Å²) in [7, 11) is 1.85. The van der Waals surface area contributed by atoms with Crippen LogP contribution >= 0.6 is 24.0 Å². The van der Waals surface area contributed by atoms with Crippen LogP contribution in [0.4, 0.5) is 0 Å². The van der Waals surface area contributed by atoms with E-state index in [0.717, 1.165) is 18.7 Å². The van der Waals surface area contributed by atoms with E-state index in [1.807, 2.05) is 20.0 Å². The van der Waals surface area contributed by atoms with Crippen LogP contribution in [0.3, 0.4) is 0 Å². The summed E-state index contributed by atoms with van der Waals surface area (Å²) in [5.41, 5.74) is 1.64. The normalized spacial score (nSPS) is 14.8. The predicted molar refractivity (Wildman–Crippen MR) is 72.2 cm³/mol. The van der Waals surface area contributed by atoms with E-state index in [1.165, 1.54) is 0 Å². The molecule has 0 aliphatic carbocycles. The number of rotatable bonds is 2. The molecule has 1 amide bonds. The minimum absolute atomic E-state index is 0. The molecule has 0 unspecified atom stereocenters. The monoisotopic (exact) mass is 274 g/mol. The maximum Gasteiger partial charge on any atom is 0.253 e. The molecule has 1 aliphatic heterocycles. The van der Waals surface area contributed by atoms with Crippen LogP contribution < -0.4 is 5.32 Å². The molecule has 94 valence electrons. The molecule has 0 bridgehead atoms. The summed E-state index contributed by atoms with van der Waals surface area (Å²) in [4.78, 5) is 13.9. The van der Waals surface area contributed by atoms with Gasteiger partial charge in [0.25, 0.3) is 5.91 Å². The van der Waals surface area contributed by atoms with E-state index in [-0.39, 0.29) is 18.3 Å². The maximum atomic E-state index is 12.1. The fourth-order valence-electron chi connectivity index (χ4n) is 1.69. The third-order valence-electron chi connectivity index (χ3n) is 3.03. The van der Waals surface area contributed by atoms with Gasteiger partial charge in [0, 0.05) is 30.7 Å². The number of hydrogen-bond acceptors (Lipinski definition) is 2. The van der Waals surface area contributed by atoms with Crippen molar-refractivity contribution in [1.82, 2.24) is 10.2 Å². The molecule has 5 heteroatoms. The number of halogens is 2. The number of carbonyl (C=O) groups excluding carboxylic acids is 1. The minimum atomic E-state index is 0. The molecule has 1 N–H and O–H groups in total. The molecule has 1 aliphatic rings. The van der Waals surface area contributed by atoms with E-state index >= 15 is 0 Å². The first-order valence-corrected chi connectivity index (χ1v) is 5.71. The van der Waals surface area contributed by atoms with Crippen molar-refractivity contribution in [2.75, 3.05) is 20.1 Å². The Kier molecular flexibility index (Phi) is 4.80. The zero-order valence-corrected chi connectivity index (χ0v) is 11.4. The van der Waals surface area contributed by atoms with Crippen LogP contribution in [0.2, 0.25) is 5.02 Å². The number of carbonyl (C=O) groups is 1. The van der Waals surface area contributed by atoms with Gasteiger partial charge in [0.1, 0.15) is 0 Å². The first-order valence-electron chi connectivity index (χ1n) is 5.33. The molecule has 1 heterocycles. The highest BCUT2D eigenvalue weighted by molar-refractivity contribution is 6.31. The number of nitrogens with zero attached hydrogens (tertiary/aromatic N) is 1.